The molecule has 0 aromatic carbocycles. The van der Waals surface area contributed by atoms with Crippen LogP contribution in [-0.2, 0) is 52.2 Å². The highest BCUT2D eigenvalue weighted by molar-refractivity contribution is 5.73. The van der Waals surface area contributed by atoms with Crippen molar-refractivity contribution in [1.82, 2.24) is 10.6 Å². The summed E-state index contributed by atoms with van der Waals surface area (Å²) in [6.07, 6.45) is -42.1. The zero-order chi connectivity index (χ0) is 45.9. The Morgan fingerprint density at radius 3 is 1.29 bits per heavy atom. The Hall–Kier alpha value is -2.02. The van der Waals surface area contributed by atoms with Gasteiger partial charge < -0.3 is 130 Å². The van der Waals surface area contributed by atoms with Crippen molar-refractivity contribution in [2.24, 2.45) is 0 Å². The van der Waals surface area contributed by atoms with Crippen molar-refractivity contribution in [3.8, 4) is 0 Å². The van der Waals surface area contributed by atoms with E-state index in [2.05, 4.69) is 10.6 Å². The smallest absolute Gasteiger partial charge is 0.217 e. The van der Waals surface area contributed by atoms with Crippen LogP contribution in [0, 0.1) is 0 Å². The van der Waals surface area contributed by atoms with E-state index in [1.165, 1.54) is 0 Å². The lowest BCUT2D eigenvalue weighted by Crippen LogP contribution is -2.70. The van der Waals surface area contributed by atoms with Crippen molar-refractivity contribution in [3.63, 3.8) is 0 Å². The number of carbonyl (C=O) groups excluding carboxylic acids is 2. The van der Waals surface area contributed by atoms with Crippen molar-refractivity contribution in [3.05, 3.63) is 0 Å². The van der Waals surface area contributed by atoms with E-state index in [0.717, 1.165) is 13.8 Å². The fourth-order valence-electron chi connectivity index (χ4n) is 7.74. The van der Waals surface area contributed by atoms with Crippen LogP contribution in [0.4, 0.5) is 0 Å². The van der Waals surface area contributed by atoms with Gasteiger partial charge in [0.1, 0.15) is 122 Å². The van der Waals surface area contributed by atoms with E-state index in [-0.39, 0.29) is 0 Å². The molecule has 360 valence electrons. The van der Waals surface area contributed by atoms with Gasteiger partial charge in [-0.2, -0.15) is 0 Å². The minimum absolute atomic E-state index is 0.689. The molecule has 0 aromatic heterocycles. The highest BCUT2D eigenvalue weighted by atomic mass is 16.8. The number of aliphatic hydroxyl groups excluding tert-OH is 15. The third-order valence-electron chi connectivity index (χ3n) is 11.1. The van der Waals surface area contributed by atoms with Crippen LogP contribution in [0.1, 0.15) is 13.8 Å². The zero-order valence-electron chi connectivity index (χ0n) is 33.2. The lowest BCUT2D eigenvalue weighted by molar-refractivity contribution is -0.383. The maximum Gasteiger partial charge on any atom is 0.217 e. The Bertz CT molecular complexity index is 1440. The first-order chi connectivity index (χ1) is 29.3. The lowest BCUT2D eigenvalue weighted by atomic mass is 9.94. The summed E-state index contributed by atoms with van der Waals surface area (Å²) in [7, 11) is 0. The first-order valence-corrected chi connectivity index (χ1v) is 19.6. The van der Waals surface area contributed by atoms with Crippen molar-refractivity contribution in [2.75, 3.05) is 33.0 Å². The second-order valence-corrected chi connectivity index (χ2v) is 15.5. The van der Waals surface area contributed by atoms with E-state index in [1.807, 2.05) is 0 Å². The standard InChI is InChI=1S/C34H58N2O26/c1-8(41)35-15-19(45)27(12(5-39)55-30(15)53)60-31-16(36-9(2)42)20(46)28(13(6-40)58-31)61-34-26(52)23(49)29(62-33-25(51)22(48)18(44)11(4-38)57-33)14(59-34)7-54-32-24(50)21(47)17(43)10(3-37)56-32/h10-34,37-40,43-53H,3-7H2,1-2H3,(H,35,41)(H,36,42)/t10-,11-,12-,13-,14-,15-,16-,17-,18-,19-,20-,21+,22+,23-,24+,25+,26+,27-,28-,29-,30-,31+,32+,33-,34+/m1/s1. The Morgan fingerprint density at radius 2 is 0.790 bits per heavy atom. The molecule has 28 heteroatoms. The summed E-state index contributed by atoms with van der Waals surface area (Å²) >= 11 is 0. The Labute approximate surface area is 351 Å². The highest BCUT2D eigenvalue weighted by Gasteiger charge is 2.56. The summed E-state index contributed by atoms with van der Waals surface area (Å²) in [5, 5.41) is 163. The molecule has 0 spiro atoms. The molecular weight excluding hydrogens is 852 g/mol. The number of nitrogens with one attached hydrogen (secondary N) is 2. The summed E-state index contributed by atoms with van der Waals surface area (Å²) in [6, 6.07) is -3.17. The van der Waals surface area contributed by atoms with Crippen LogP contribution in [0.15, 0.2) is 0 Å². The van der Waals surface area contributed by atoms with Gasteiger partial charge in [0, 0.05) is 13.8 Å². The van der Waals surface area contributed by atoms with E-state index >= 15 is 0 Å². The summed E-state index contributed by atoms with van der Waals surface area (Å²) in [4.78, 5) is 24.2. The number of aliphatic hydroxyl groups is 15. The number of rotatable bonds is 15. The first-order valence-electron chi connectivity index (χ1n) is 19.6. The van der Waals surface area contributed by atoms with Crippen LogP contribution in [0.5, 0.6) is 0 Å². The Morgan fingerprint density at radius 1 is 0.419 bits per heavy atom. The predicted octanol–water partition coefficient (Wildman–Crippen LogP) is -11.6. The molecule has 0 saturated carbocycles. The normalized spacial score (nSPS) is 49.0. The van der Waals surface area contributed by atoms with Gasteiger partial charge in [0.25, 0.3) is 0 Å². The van der Waals surface area contributed by atoms with Crippen LogP contribution in [-0.4, -0.2) is 275 Å². The van der Waals surface area contributed by atoms with Gasteiger partial charge in [-0.25, -0.2) is 0 Å². The minimum atomic E-state index is -2.19. The molecule has 0 radical (unpaired) electrons. The highest BCUT2D eigenvalue weighted by Crippen LogP contribution is 2.35. The summed E-state index contributed by atoms with van der Waals surface area (Å²) in [6.45, 7) is -2.29. The molecule has 0 bridgehead atoms. The number of carbonyl (C=O) groups is 2. The van der Waals surface area contributed by atoms with Crippen LogP contribution < -0.4 is 10.6 Å². The van der Waals surface area contributed by atoms with Crippen molar-refractivity contribution >= 4 is 11.8 Å². The maximum atomic E-state index is 12.4. The van der Waals surface area contributed by atoms with Crippen molar-refractivity contribution < 1.29 is 129 Å². The fraction of sp³-hybridized carbons (Fsp3) is 0.941. The third-order valence-corrected chi connectivity index (χ3v) is 11.1. The molecule has 5 aliphatic heterocycles. The average molecular weight is 911 g/mol. The molecule has 5 aliphatic rings. The fourth-order valence-corrected chi connectivity index (χ4v) is 7.74. The molecular formula is C34H58N2O26. The van der Waals surface area contributed by atoms with E-state index in [0.29, 0.717) is 0 Å². The van der Waals surface area contributed by atoms with Crippen LogP contribution >= 0.6 is 0 Å². The molecule has 5 fully saturated rings. The monoisotopic (exact) mass is 910 g/mol. The minimum Gasteiger partial charge on any atom is -0.394 e. The van der Waals surface area contributed by atoms with Gasteiger partial charge in [-0.15, -0.1) is 0 Å². The van der Waals surface area contributed by atoms with Crippen LogP contribution in [0.3, 0.4) is 0 Å². The van der Waals surface area contributed by atoms with Gasteiger partial charge >= 0.3 is 0 Å². The molecule has 62 heavy (non-hydrogen) atoms. The summed E-state index contributed by atoms with van der Waals surface area (Å²) in [5.41, 5.74) is 0. The largest absolute Gasteiger partial charge is 0.394 e. The quantitative estimate of drug-likeness (QED) is 0.0725. The molecule has 5 heterocycles. The van der Waals surface area contributed by atoms with Crippen LogP contribution in [0.2, 0.25) is 0 Å². The van der Waals surface area contributed by atoms with E-state index in [9.17, 15) is 86.2 Å². The third kappa shape index (κ3) is 11.0. The van der Waals surface area contributed by atoms with Gasteiger partial charge in [0.05, 0.1) is 33.0 Å². The second-order valence-electron chi connectivity index (χ2n) is 15.5. The predicted molar refractivity (Wildman–Crippen MR) is 190 cm³/mol. The summed E-state index contributed by atoms with van der Waals surface area (Å²) < 4.78 is 50.9. The Kier molecular flexibility index (Phi) is 18.1. The first kappa shape index (κ1) is 51.0. The molecule has 0 aliphatic carbocycles. The number of hydrogen-bond acceptors (Lipinski definition) is 26. The van der Waals surface area contributed by atoms with Crippen LogP contribution in [0.25, 0.3) is 0 Å². The topological polar surface area (TPSA) is 445 Å². The van der Waals surface area contributed by atoms with Gasteiger partial charge in [-0.05, 0) is 0 Å². The molecule has 5 rings (SSSR count). The number of hydrogen-bond donors (Lipinski definition) is 17. The zero-order valence-corrected chi connectivity index (χ0v) is 33.2. The lowest BCUT2D eigenvalue weighted by Gasteiger charge is -2.50. The second kappa shape index (κ2) is 22.0. The number of amides is 2. The Balaban J connectivity index is 1.40. The molecule has 17 N–H and O–H groups in total. The maximum absolute atomic E-state index is 12.4. The van der Waals surface area contributed by atoms with Gasteiger partial charge in [0.2, 0.25) is 11.8 Å². The van der Waals surface area contributed by atoms with Gasteiger partial charge in [-0.1, -0.05) is 0 Å². The van der Waals surface area contributed by atoms with E-state index in [4.69, 9.17) is 42.6 Å². The van der Waals surface area contributed by atoms with Crippen molar-refractivity contribution in [2.45, 2.75) is 167 Å². The van der Waals surface area contributed by atoms with Gasteiger partial charge in [-0.3, -0.25) is 9.59 Å². The molecule has 25 atom stereocenters. The van der Waals surface area contributed by atoms with Gasteiger partial charge in [0.15, 0.2) is 31.5 Å². The molecule has 2 amide bonds. The number of ether oxygens (including phenoxy) is 9. The van der Waals surface area contributed by atoms with E-state index < -0.39 is 198 Å². The average Bonchev–Trinajstić information content (AvgIpc) is 3.23. The SMILES string of the molecule is CC(=O)N[C@@H]1[C@@H](O)[C@H](O[C@@H]2O[C@H](CO)[C@@H](O[C@@H]3O[C@H](CO[C@H]4O[C@H](CO)[C@@H](O)[C@H](O)[C@@H]4O)[C@@H](O[C@H]4O[C@H](CO)[C@@H](O)[C@H](O)[C@@H]4O)[C@H](O)[C@@H]3O)[C@H](O)[C@H]2NC(C)=O)[C@@H](CO)O[C@H]1O. The molecule has 5 saturated heterocycles. The van der Waals surface area contributed by atoms with Crippen molar-refractivity contribution in [1.29, 1.82) is 0 Å². The molecule has 28 nitrogen and oxygen atoms in total. The molecule has 0 unspecified atom stereocenters. The summed E-state index contributed by atoms with van der Waals surface area (Å²) in [5.74, 6) is -1.48. The van der Waals surface area contributed by atoms with E-state index in [1.54, 1.807) is 0 Å². The molecule has 0 aromatic rings.